The second-order valence-corrected chi connectivity index (χ2v) is 4.09. The zero-order valence-electron chi connectivity index (χ0n) is 11.3. The van der Waals surface area contributed by atoms with Crippen molar-refractivity contribution in [1.29, 1.82) is 0 Å². The number of nitrogens with one attached hydrogen (secondary N) is 1. The van der Waals surface area contributed by atoms with Gasteiger partial charge in [-0.1, -0.05) is 5.21 Å². The highest BCUT2D eigenvalue weighted by molar-refractivity contribution is 5.86. The number of nitrogens with zero attached hydrogens (tertiary/aromatic N) is 5. The molecule has 0 atom stereocenters. The van der Waals surface area contributed by atoms with Crippen LogP contribution >= 0.6 is 0 Å². The average molecular weight is 292 g/mol. The van der Waals surface area contributed by atoms with Crippen molar-refractivity contribution in [3.8, 4) is 11.4 Å². The van der Waals surface area contributed by atoms with Crippen molar-refractivity contribution in [3.63, 3.8) is 0 Å². The first-order chi connectivity index (χ1) is 9.93. The fourth-order valence-electron chi connectivity index (χ4n) is 1.81. The zero-order chi connectivity index (χ0) is 15.6. The summed E-state index contributed by atoms with van der Waals surface area (Å²) >= 11 is 0. The molecule has 0 saturated carbocycles. The summed E-state index contributed by atoms with van der Waals surface area (Å²) in [6, 6.07) is 2.70. The molecule has 2 N–H and O–H groups in total. The molecule has 10 heteroatoms. The lowest BCUT2D eigenvalue weighted by Crippen LogP contribution is -2.13. The quantitative estimate of drug-likeness (QED) is 0.645. The Balaban J connectivity index is 2.51. The van der Waals surface area contributed by atoms with Crippen LogP contribution in [0.4, 0.5) is 16.3 Å². The van der Waals surface area contributed by atoms with E-state index < -0.39 is 11.0 Å². The van der Waals surface area contributed by atoms with Crippen LogP contribution < -0.4 is 5.32 Å². The molecule has 2 aromatic rings. The fraction of sp³-hybridized carbons (Fsp3) is 0.273. The molecule has 2 aromatic heterocycles. The topological polar surface area (TPSA) is 136 Å². The van der Waals surface area contributed by atoms with Gasteiger partial charge in [-0.3, -0.25) is 15.4 Å². The Labute approximate surface area is 118 Å². The van der Waals surface area contributed by atoms with Crippen molar-refractivity contribution in [2.45, 2.75) is 20.4 Å². The first kappa shape index (κ1) is 14.4. The number of aryl methyl sites for hydroxylation is 2. The number of hydrogen-bond acceptors (Lipinski definition) is 6. The summed E-state index contributed by atoms with van der Waals surface area (Å²) in [4.78, 5) is 25.2. The van der Waals surface area contributed by atoms with Crippen LogP contribution in [0.3, 0.4) is 0 Å². The van der Waals surface area contributed by atoms with Gasteiger partial charge in [0.05, 0.1) is 10.6 Å². The van der Waals surface area contributed by atoms with Crippen LogP contribution in [0, 0.1) is 17.0 Å². The summed E-state index contributed by atoms with van der Waals surface area (Å²) in [6.45, 7) is 3.69. The maximum Gasteiger partial charge on any atom is 0.410 e. The molecule has 0 fully saturated rings. The van der Waals surface area contributed by atoms with E-state index in [9.17, 15) is 14.9 Å². The summed E-state index contributed by atoms with van der Waals surface area (Å²) in [5, 5.41) is 29.5. The Hall–Kier alpha value is -3.04. The Morgan fingerprint density at radius 2 is 2.24 bits per heavy atom. The van der Waals surface area contributed by atoms with Gasteiger partial charge < -0.3 is 5.11 Å². The van der Waals surface area contributed by atoms with Gasteiger partial charge in [0.1, 0.15) is 5.69 Å². The maximum atomic E-state index is 10.8. The molecule has 2 heterocycles. The van der Waals surface area contributed by atoms with Crippen molar-refractivity contribution in [2.24, 2.45) is 0 Å². The van der Waals surface area contributed by atoms with E-state index in [2.05, 4.69) is 20.6 Å². The van der Waals surface area contributed by atoms with Crippen LogP contribution in [0.25, 0.3) is 11.4 Å². The molecular formula is C11H12N6O4. The Bertz CT molecular complexity index is 711. The van der Waals surface area contributed by atoms with E-state index >= 15 is 0 Å². The lowest BCUT2D eigenvalue weighted by atomic mass is 10.2. The molecule has 0 radical (unpaired) electrons. The summed E-state index contributed by atoms with van der Waals surface area (Å²) < 4.78 is 1.36. The number of carboxylic acid groups (broad SMARTS) is 1. The third kappa shape index (κ3) is 2.78. The van der Waals surface area contributed by atoms with Crippen LogP contribution in [-0.4, -0.2) is 36.1 Å². The highest BCUT2D eigenvalue weighted by atomic mass is 16.6. The molecule has 0 aliphatic heterocycles. The van der Waals surface area contributed by atoms with E-state index in [0.29, 0.717) is 12.2 Å². The van der Waals surface area contributed by atoms with Gasteiger partial charge in [0.25, 0.3) is 5.69 Å². The van der Waals surface area contributed by atoms with E-state index in [1.807, 2.05) is 0 Å². The lowest BCUT2D eigenvalue weighted by molar-refractivity contribution is -0.385. The highest BCUT2D eigenvalue weighted by Crippen LogP contribution is 2.26. The third-order valence-corrected chi connectivity index (χ3v) is 2.76. The zero-order valence-corrected chi connectivity index (χ0v) is 11.3. The summed E-state index contributed by atoms with van der Waals surface area (Å²) in [5.74, 6) is 0.172. The van der Waals surface area contributed by atoms with Crippen LogP contribution in [0.1, 0.15) is 12.6 Å². The van der Waals surface area contributed by atoms with Crippen molar-refractivity contribution in [3.05, 3.63) is 27.9 Å². The molecule has 0 spiro atoms. The molecule has 21 heavy (non-hydrogen) atoms. The summed E-state index contributed by atoms with van der Waals surface area (Å²) in [6.07, 6.45) is -1.26. The molecule has 1 amide bonds. The predicted molar refractivity (Wildman–Crippen MR) is 72.0 cm³/mol. The summed E-state index contributed by atoms with van der Waals surface area (Å²) in [7, 11) is 0. The predicted octanol–water partition coefficient (Wildman–Crippen LogP) is 1.67. The first-order valence-electron chi connectivity index (χ1n) is 5.99. The van der Waals surface area contributed by atoms with E-state index in [1.165, 1.54) is 23.7 Å². The van der Waals surface area contributed by atoms with Crippen molar-refractivity contribution >= 4 is 17.6 Å². The second-order valence-electron chi connectivity index (χ2n) is 4.09. The van der Waals surface area contributed by atoms with Crippen LogP contribution in [0.15, 0.2) is 12.1 Å². The van der Waals surface area contributed by atoms with Crippen molar-refractivity contribution < 1.29 is 14.8 Å². The number of pyridine rings is 1. The van der Waals surface area contributed by atoms with Gasteiger partial charge in [0.2, 0.25) is 0 Å². The molecule has 10 nitrogen and oxygen atoms in total. The molecule has 2 rings (SSSR count). The molecule has 0 aliphatic rings. The molecule has 0 bridgehead atoms. The standard InChI is InChI=1S/C11H12N6O4/c1-3-16-10(13-11(18)19)9(14-15-16)7-4-5-8(17(20)21)6(2)12-7/h4-5,13H,3H2,1-2H3,(H,18,19). The number of amides is 1. The molecule has 0 unspecified atom stereocenters. The highest BCUT2D eigenvalue weighted by Gasteiger charge is 2.20. The van der Waals surface area contributed by atoms with Gasteiger partial charge in [0.15, 0.2) is 11.5 Å². The summed E-state index contributed by atoms with van der Waals surface area (Å²) in [5.41, 5.74) is 0.623. The maximum absolute atomic E-state index is 10.8. The number of rotatable bonds is 4. The third-order valence-electron chi connectivity index (χ3n) is 2.76. The van der Waals surface area contributed by atoms with Crippen molar-refractivity contribution in [2.75, 3.05) is 5.32 Å². The number of anilines is 1. The van der Waals surface area contributed by atoms with Crippen LogP contribution in [0.2, 0.25) is 0 Å². The lowest BCUT2D eigenvalue weighted by Gasteiger charge is -2.05. The first-order valence-corrected chi connectivity index (χ1v) is 5.99. The minimum absolute atomic E-state index is 0.116. The molecule has 0 aromatic carbocycles. The van der Waals surface area contributed by atoms with Gasteiger partial charge >= 0.3 is 6.09 Å². The average Bonchev–Trinajstić information content (AvgIpc) is 2.80. The number of nitro groups is 1. The number of aromatic nitrogens is 4. The van der Waals surface area contributed by atoms with Gasteiger partial charge in [-0.2, -0.15) is 0 Å². The van der Waals surface area contributed by atoms with Gasteiger partial charge in [0, 0.05) is 12.6 Å². The fourth-order valence-corrected chi connectivity index (χ4v) is 1.81. The molecule has 0 saturated heterocycles. The Morgan fingerprint density at radius 3 is 2.76 bits per heavy atom. The van der Waals surface area contributed by atoms with E-state index in [-0.39, 0.29) is 22.9 Å². The van der Waals surface area contributed by atoms with E-state index in [4.69, 9.17) is 5.11 Å². The largest absolute Gasteiger partial charge is 0.465 e. The minimum Gasteiger partial charge on any atom is -0.465 e. The number of carbonyl (C=O) groups is 1. The Kier molecular flexibility index (Phi) is 3.78. The van der Waals surface area contributed by atoms with Gasteiger partial charge in [-0.05, 0) is 19.9 Å². The van der Waals surface area contributed by atoms with E-state index in [1.54, 1.807) is 6.92 Å². The van der Waals surface area contributed by atoms with Gasteiger partial charge in [-0.15, -0.1) is 5.10 Å². The monoisotopic (exact) mass is 292 g/mol. The normalized spacial score (nSPS) is 10.4. The van der Waals surface area contributed by atoms with Crippen LogP contribution in [0.5, 0.6) is 0 Å². The van der Waals surface area contributed by atoms with E-state index in [0.717, 1.165) is 0 Å². The molecular weight excluding hydrogens is 280 g/mol. The van der Waals surface area contributed by atoms with Crippen LogP contribution in [-0.2, 0) is 6.54 Å². The second kappa shape index (κ2) is 5.53. The number of hydrogen-bond donors (Lipinski definition) is 2. The smallest absolute Gasteiger partial charge is 0.410 e. The van der Waals surface area contributed by atoms with Crippen molar-refractivity contribution in [1.82, 2.24) is 20.0 Å². The molecule has 0 aliphatic carbocycles. The van der Waals surface area contributed by atoms with Gasteiger partial charge in [-0.25, -0.2) is 14.5 Å². The molecule has 110 valence electrons. The SMILES string of the molecule is CCn1nnc(-c2ccc([N+](=O)[O-])c(C)n2)c1NC(=O)O. The Morgan fingerprint density at radius 1 is 1.52 bits per heavy atom. The minimum atomic E-state index is -1.26.